The molecule has 0 heterocycles. The fourth-order valence-electron chi connectivity index (χ4n) is 1.61. The smallest absolute Gasteiger partial charge is 0.170 e. The first-order valence-electron chi connectivity index (χ1n) is 6.51. The summed E-state index contributed by atoms with van der Waals surface area (Å²) in [6.07, 6.45) is 1.82. The van der Waals surface area contributed by atoms with Gasteiger partial charge in [0, 0.05) is 18.4 Å². The molecule has 118 valence electrons. The lowest BCUT2D eigenvalue weighted by atomic mass is 10.2. The van der Waals surface area contributed by atoms with Gasteiger partial charge in [0.15, 0.2) is 5.84 Å². The maximum absolute atomic E-state index is 10.9. The minimum Gasteiger partial charge on any atom is -0.492 e. The number of nitrogens with one attached hydrogen (secondary N) is 1. The van der Waals surface area contributed by atoms with E-state index in [4.69, 9.17) is 15.7 Å². The van der Waals surface area contributed by atoms with Crippen molar-refractivity contribution in [3.8, 4) is 5.75 Å². The summed E-state index contributed by atoms with van der Waals surface area (Å²) in [6, 6.07) is 6.86. The first kappa shape index (κ1) is 17.3. The van der Waals surface area contributed by atoms with Gasteiger partial charge in [0.1, 0.15) is 22.2 Å². The van der Waals surface area contributed by atoms with Crippen LogP contribution in [0.3, 0.4) is 0 Å². The average Bonchev–Trinajstić information content (AvgIpc) is 2.45. The number of sulfone groups is 1. The first-order valence-corrected chi connectivity index (χ1v) is 8.57. The van der Waals surface area contributed by atoms with Crippen molar-refractivity contribution in [1.82, 2.24) is 5.32 Å². The molecule has 0 saturated carbocycles. The summed E-state index contributed by atoms with van der Waals surface area (Å²) in [5.41, 5.74) is 6.06. The zero-order chi connectivity index (χ0) is 15.7. The third-order valence-corrected chi connectivity index (χ3v) is 3.70. The molecule has 0 bridgehead atoms. The number of nitrogens with two attached hydrogens (primary N) is 1. The Labute approximate surface area is 124 Å². The molecule has 0 atom stereocenters. The van der Waals surface area contributed by atoms with Gasteiger partial charge in [0.05, 0.1) is 5.75 Å². The van der Waals surface area contributed by atoms with Crippen LogP contribution in [0.25, 0.3) is 0 Å². The van der Waals surface area contributed by atoms with Gasteiger partial charge in [-0.3, -0.25) is 0 Å². The minimum atomic E-state index is -2.88. The summed E-state index contributed by atoms with van der Waals surface area (Å²) in [6.45, 7) is 1.74. The normalized spacial score (nSPS) is 12.3. The summed E-state index contributed by atoms with van der Waals surface area (Å²) in [5.74, 6) is 0.924. The number of hydrogen-bond donors (Lipinski definition) is 3. The van der Waals surface area contributed by atoms with Crippen molar-refractivity contribution in [2.24, 2.45) is 10.9 Å². The van der Waals surface area contributed by atoms with Gasteiger partial charge in [-0.05, 0) is 37.2 Å². The number of amidine groups is 1. The average molecular weight is 315 g/mol. The van der Waals surface area contributed by atoms with Crippen LogP contribution in [0.1, 0.15) is 12.0 Å². The Balaban J connectivity index is 2.18. The highest BCUT2D eigenvalue weighted by Crippen LogP contribution is 2.11. The van der Waals surface area contributed by atoms with Gasteiger partial charge >= 0.3 is 0 Å². The number of hydrogen-bond acceptors (Lipinski definition) is 6. The topological polar surface area (TPSA) is 114 Å². The third-order valence-electron chi connectivity index (χ3n) is 2.67. The van der Waals surface area contributed by atoms with Crippen LogP contribution in [0.4, 0.5) is 0 Å². The van der Waals surface area contributed by atoms with Crippen LogP contribution in [0, 0.1) is 0 Å². The van der Waals surface area contributed by atoms with E-state index in [0.717, 1.165) is 0 Å². The maximum atomic E-state index is 10.9. The van der Waals surface area contributed by atoms with Crippen molar-refractivity contribution in [2.45, 2.75) is 6.42 Å². The largest absolute Gasteiger partial charge is 0.492 e. The number of nitrogens with zero attached hydrogens (tertiary/aromatic N) is 1. The lowest BCUT2D eigenvalue weighted by molar-refractivity contribution is 0.314. The van der Waals surface area contributed by atoms with E-state index >= 15 is 0 Å². The molecule has 7 nitrogen and oxygen atoms in total. The molecular weight excluding hydrogens is 294 g/mol. The van der Waals surface area contributed by atoms with Crippen LogP contribution >= 0.6 is 0 Å². The van der Waals surface area contributed by atoms with E-state index in [0.29, 0.717) is 37.4 Å². The van der Waals surface area contributed by atoms with Gasteiger partial charge in [0.25, 0.3) is 0 Å². The molecular formula is C13H21N3O4S. The van der Waals surface area contributed by atoms with E-state index in [2.05, 4.69) is 10.5 Å². The van der Waals surface area contributed by atoms with Crippen molar-refractivity contribution in [3.05, 3.63) is 29.8 Å². The lowest BCUT2D eigenvalue weighted by Crippen LogP contribution is -2.23. The van der Waals surface area contributed by atoms with E-state index in [-0.39, 0.29) is 11.6 Å². The number of rotatable bonds is 9. The molecule has 0 aromatic heterocycles. The summed E-state index contributed by atoms with van der Waals surface area (Å²) in [5, 5.41) is 14.6. The zero-order valence-electron chi connectivity index (χ0n) is 11.9. The van der Waals surface area contributed by atoms with Crippen molar-refractivity contribution in [2.75, 3.05) is 31.7 Å². The molecule has 0 radical (unpaired) electrons. The monoisotopic (exact) mass is 315 g/mol. The molecule has 0 aliphatic carbocycles. The molecule has 0 saturated heterocycles. The third kappa shape index (κ3) is 7.52. The molecule has 4 N–H and O–H groups in total. The van der Waals surface area contributed by atoms with Crippen molar-refractivity contribution in [3.63, 3.8) is 0 Å². The Morgan fingerprint density at radius 2 is 2.00 bits per heavy atom. The molecule has 1 rings (SSSR count). The van der Waals surface area contributed by atoms with Crippen LogP contribution < -0.4 is 15.8 Å². The molecule has 0 amide bonds. The lowest BCUT2D eigenvalue weighted by Gasteiger charge is -2.08. The second-order valence-electron chi connectivity index (χ2n) is 4.59. The Morgan fingerprint density at radius 3 is 2.57 bits per heavy atom. The standard InChI is InChI=1S/C13H21N3O4S/c1-21(18,19)10-2-7-15-8-9-20-12-5-3-11(4-6-12)13(14)16-17/h3-6,15,17H,2,7-10H2,1H3,(H2,14,16). The second-order valence-corrected chi connectivity index (χ2v) is 6.85. The number of ether oxygens (including phenoxy) is 1. The molecule has 0 spiro atoms. The summed E-state index contributed by atoms with van der Waals surface area (Å²) in [4.78, 5) is 0. The quantitative estimate of drug-likeness (QED) is 0.197. The van der Waals surface area contributed by atoms with Crippen LogP contribution in [0.15, 0.2) is 29.4 Å². The van der Waals surface area contributed by atoms with Crippen molar-refractivity contribution >= 4 is 15.7 Å². The molecule has 1 aromatic rings. The molecule has 0 aliphatic heterocycles. The summed E-state index contributed by atoms with van der Waals surface area (Å²) >= 11 is 0. The first-order chi connectivity index (χ1) is 9.92. The van der Waals surface area contributed by atoms with E-state index in [1.807, 2.05) is 0 Å². The Kier molecular flexibility index (Phi) is 6.97. The van der Waals surface area contributed by atoms with Gasteiger partial charge in [-0.15, -0.1) is 0 Å². The van der Waals surface area contributed by atoms with Gasteiger partial charge in [-0.1, -0.05) is 5.16 Å². The molecule has 1 aromatic carbocycles. The van der Waals surface area contributed by atoms with Gasteiger partial charge < -0.3 is 21.0 Å². The highest BCUT2D eigenvalue weighted by atomic mass is 32.2. The zero-order valence-corrected chi connectivity index (χ0v) is 12.8. The summed E-state index contributed by atoms with van der Waals surface area (Å²) in [7, 11) is -2.88. The van der Waals surface area contributed by atoms with Crippen molar-refractivity contribution in [1.29, 1.82) is 0 Å². The van der Waals surface area contributed by atoms with Crippen LogP contribution in [-0.4, -0.2) is 51.2 Å². The Hall–Kier alpha value is -1.80. The molecule has 0 fully saturated rings. The SMILES string of the molecule is CS(=O)(=O)CCCNCCOc1ccc(C(N)=NO)cc1. The van der Waals surface area contributed by atoms with Crippen molar-refractivity contribution < 1.29 is 18.4 Å². The maximum Gasteiger partial charge on any atom is 0.170 e. The molecule has 21 heavy (non-hydrogen) atoms. The minimum absolute atomic E-state index is 0.0501. The Bertz CT molecular complexity index is 555. The van der Waals surface area contributed by atoms with E-state index in [1.165, 1.54) is 6.26 Å². The van der Waals surface area contributed by atoms with Gasteiger partial charge in [-0.25, -0.2) is 8.42 Å². The van der Waals surface area contributed by atoms with Crippen LogP contribution in [-0.2, 0) is 9.84 Å². The molecule has 8 heteroatoms. The molecule has 0 unspecified atom stereocenters. The molecule has 0 aliphatic rings. The van der Waals surface area contributed by atoms with Gasteiger partial charge in [0.2, 0.25) is 0 Å². The van der Waals surface area contributed by atoms with Gasteiger partial charge in [-0.2, -0.15) is 0 Å². The summed E-state index contributed by atoms with van der Waals surface area (Å²) < 4.78 is 27.3. The van der Waals surface area contributed by atoms with E-state index < -0.39 is 9.84 Å². The predicted molar refractivity (Wildman–Crippen MR) is 81.6 cm³/mol. The fourth-order valence-corrected chi connectivity index (χ4v) is 2.27. The highest BCUT2D eigenvalue weighted by Gasteiger charge is 2.01. The van der Waals surface area contributed by atoms with E-state index in [1.54, 1.807) is 24.3 Å². The van der Waals surface area contributed by atoms with Crippen LogP contribution in [0.2, 0.25) is 0 Å². The predicted octanol–water partition coefficient (Wildman–Crippen LogP) is 0.184. The van der Waals surface area contributed by atoms with Crippen LogP contribution in [0.5, 0.6) is 5.75 Å². The number of oxime groups is 1. The second kappa shape index (κ2) is 8.48. The van der Waals surface area contributed by atoms with E-state index in [9.17, 15) is 8.42 Å². The Morgan fingerprint density at radius 1 is 1.33 bits per heavy atom. The fraction of sp³-hybridized carbons (Fsp3) is 0.462. The highest BCUT2D eigenvalue weighted by molar-refractivity contribution is 7.90. The number of benzene rings is 1.